The van der Waals surface area contributed by atoms with Crippen LogP contribution in [-0.2, 0) is 16.6 Å². The van der Waals surface area contributed by atoms with Crippen LogP contribution in [0.1, 0.15) is 25.8 Å². The molecule has 1 aromatic rings. The van der Waals surface area contributed by atoms with Crippen LogP contribution in [0.25, 0.3) is 0 Å². The zero-order valence-electron chi connectivity index (χ0n) is 11.2. The molecule has 0 saturated carbocycles. The minimum Gasteiger partial charge on any atom is -0.326 e. The summed E-state index contributed by atoms with van der Waals surface area (Å²) >= 11 is 0. The van der Waals surface area contributed by atoms with Crippen LogP contribution < -0.4 is 5.73 Å². The van der Waals surface area contributed by atoms with Gasteiger partial charge in [-0.2, -0.15) is 4.31 Å². The van der Waals surface area contributed by atoms with Crippen LogP contribution in [0.3, 0.4) is 0 Å². The lowest BCUT2D eigenvalue weighted by Gasteiger charge is -2.20. The molecule has 0 radical (unpaired) electrons. The fourth-order valence-electron chi connectivity index (χ4n) is 2.29. The molecule has 0 spiro atoms. The van der Waals surface area contributed by atoms with Crippen molar-refractivity contribution >= 4 is 10.0 Å². The summed E-state index contributed by atoms with van der Waals surface area (Å²) in [5, 5.41) is 0. The highest BCUT2D eigenvalue weighted by molar-refractivity contribution is 7.89. The standard InChI is InChI=1S/C13H19FN2O2S/c1-13(2)5-6-16(9-13)19(17,18)12-4-3-10(8-15)7-11(12)14/h3-4,7H,5-6,8-9,15H2,1-2H3. The van der Waals surface area contributed by atoms with E-state index in [1.165, 1.54) is 16.4 Å². The largest absolute Gasteiger partial charge is 0.326 e. The van der Waals surface area contributed by atoms with E-state index in [1.54, 1.807) is 6.07 Å². The Bertz CT molecular complexity index is 584. The van der Waals surface area contributed by atoms with Crippen LogP contribution >= 0.6 is 0 Å². The number of sulfonamides is 1. The molecular weight excluding hydrogens is 267 g/mol. The van der Waals surface area contributed by atoms with Gasteiger partial charge in [0.05, 0.1) is 0 Å². The lowest BCUT2D eigenvalue weighted by Crippen LogP contribution is -2.31. The van der Waals surface area contributed by atoms with E-state index in [0.29, 0.717) is 18.7 Å². The maximum absolute atomic E-state index is 13.9. The first-order valence-electron chi connectivity index (χ1n) is 6.25. The predicted octanol–water partition coefficient (Wildman–Crippen LogP) is 1.71. The van der Waals surface area contributed by atoms with Crippen molar-refractivity contribution in [1.29, 1.82) is 0 Å². The van der Waals surface area contributed by atoms with Crippen molar-refractivity contribution in [3.05, 3.63) is 29.6 Å². The van der Waals surface area contributed by atoms with Gasteiger partial charge in [0.2, 0.25) is 10.0 Å². The van der Waals surface area contributed by atoms with Gasteiger partial charge in [0.1, 0.15) is 10.7 Å². The average Bonchev–Trinajstić information content (AvgIpc) is 2.69. The van der Waals surface area contributed by atoms with Gasteiger partial charge in [-0.3, -0.25) is 0 Å². The van der Waals surface area contributed by atoms with Crippen molar-refractivity contribution in [2.45, 2.75) is 31.7 Å². The molecule has 0 unspecified atom stereocenters. The molecule has 0 aliphatic carbocycles. The SMILES string of the molecule is CC1(C)CCN(S(=O)(=O)c2ccc(CN)cc2F)C1. The summed E-state index contributed by atoms with van der Waals surface area (Å²) in [6.07, 6.45) is 0.786. The number of hydrogen-bond acceptors (Lipinski definition) is 3. The number of nitrogens with zero attached hydrogens (tertiary/aromatic N) is 1. The van der Waals surface area contributed by atoms with Crippen molar-refractivity contribution in [2.24, 2.45) is 11.1 Å². The molecule has 0 aromatic heterocycles. The van der Waals surface area contributed by atoms with E-state index in [9.17, 15) is 12.8 Å². The van der Waals surface area contributed by atoms with E-state index in [1.807, 2.05) is 13.8 Å². The normalized spacial score (nSPS) is 19.8. The second-order valence-corrected chi connectivity index (χ2v) is 7.63. The molecule has 0 atom stereocenters. The quantitative estimate of drug-likeness (QED) is 0.920. The number of hydrogen-bond donors (Lipinski definition) is 1. The average molecular weight is 286 g/mol. The summed E-state index contributed by atoms with van der Waals surface area (Å²) in [5.74, 6) is -0.729. The molecule has 1 saturated heterocycles. The molecule has 2 N–H and O–H groups in total. The fourth-order valence-corrected chi connectivity index (χ4v) is 3.96. The molecule has 0 amide bonds. The maximum Gasteiger partial charge on any atom is 0.246 e. The lowest BCUT2D eigenvalue weighted by molar-refractivity contribution is 0.374. The Hall–Kier alpha value is -0.980. The highest BCUT2D eigenvalue weighted by Gasteiger charge is 2.37. The zero-order valence-corrected chi connectivity index (χ0v) is 12.0. The highest BCUT2D eigenvalue weighted by atomic mass is 32.2. The van der Waals surface area contributed by atoms with Gasteiger partial charge in [-0.25, -0.2) is 12.8 Å². The van der Waals surface area contributed by atoms with Gasteiger partial charge in [0.15, 0.2) is 0 Å². The molecule has 6 heteroatoms. The number of benzene rings is 1. The van der Waals surface area contributed by atoms with Crippen molar-refractivity contribution in [1.82, 2.24) is 4.31 Å². The first-order valence-corrected chi connectivity index (χ1v) is 7.69. The summed E-state index contributed by atoms with van der Waals surface area (Å²) in [7, 11) is -3.75. The van der Waals surface area contributed by atoms with E-state index in [-0.39, 0.29) is 16.9 Å². The Balaban J connectivity index is 2.35. The monoisotopic (exact) mass is 286 g/mol. The molecule has 1 aliphatic heterocycles. The Labute approximate surface area is 113 Å². The van der Waals surface area contributed by atoms with Crippen molar-refractivity contribution in [3.8, 4) is 0 Å². The number of nitrogens with two attached hydrogens (primary N) is 1. The third-order valence-corrected chi connectivity index (χ3v) is 5.37. The first kappa shape index (κ1) is 14.4. The zero-order chi connectivity index (χ0) is 14.3. The second-order valence-electron chi connectivity index (χ2n) is 5.72. The Morgan fingerprint density at radius 2 is 2.11 bits per heavy atom. The van der Waals surface area contributed by atoms with Crippen LogP contribution in [0.2, 0.25) is 0 Å². The summed E-state index contributed by atoms with van der Waals surface area (Å²) in [6, 6.07) is 4.05. The Kier molecular flexibility index (Phi) is 3.68. The van der Waals surface area contributed by atoms with Gasteiger partial charge in [-0.15, -0.1) is 0 Å². The van der Waals surface area contributed by atoms with Crippen LogP contribution in [0.5, 0.6) is 0 Å². The van der Waals surface area contributed by atoms with Crippen molar-refractivity contribution in [2.75, 3.05) is 13.1 Å². The van der Waals surface area contributed by atoms with E-state index in [2.05, 4.69) is 0 Å². The predicted molar refractivity (Wildman–Crippen MR) is 71.4 cm³/mol. The molecule has 1 heterocycles. The van der Waals surface area contributed by atoms with Crippen molar-refractivity contribution in [3.63, 3.8) is 0 Å². The van der Waals surface area contributed by atoms with Gasteiger partial charge < -0.3 is 5.73 Å². The van der Waals surface area contributed by atoms with E-state index < -0.39 is 15.8 Å². The van der Waals surface area contributed by atoms with Gasteiger partial charge in [-0.05, 0) is 29.5 Å². The summed E-state index contributed by atoms with van der Waals surface area (Å²) in [6.45, 7) is 5.07. The molecule has 1 aromatic carbocycles. The molecule has 106 valence electrons. The number of halogens is 1. The van der Waals surface area contributed by atoms with Crippen LogP contribution in [-0.4, -0.2) is 25.8 Å². The van der Waals surface area contributed by atoms with Crippen LogP contribution in [0.15, 0.2) is 23.1 Å². The van der Waals surface area contributed by atoms with Crippen molar-refractivity contribution < 1.29 is 12.8 Å². The molecule has 19 heavy (non-hydrogen) atoms. The van der Waals surface area contributed by atoms with E-state index in [4.69, 9.17) is 5.73 Å². The van der Waals surface area contributed by atoms with Gasteiger partial charge in [-0.1, -0.05) is 19.9 Å². The Morgan fingerprint density at radius 3 is 2.58 bits per heavy atom. The van der Waals surface area contributed by atoms with Gasteiger partial charge in [0.25, 0.3) is 0 Å². The summed E-state index contributed by atoms with van der Waals surface area (Å²) < 4.78 is 40.1. The number of rotatable bonds is 3. The third-order valence-electron chi connectivity index (χ3n) is 3.49. The molecule has 1 fully saturated rings. The lowest BCUT2D eigenvalue weighted by atomic mass is 9.93. The molecule has 0 bridgehead atoms. The molecule has 4 nitrogen and oxygen atoms in total. The first-order chi connectivity index (χ1) is 8.76. The molecular formula is C13H19FN2O2S. The fraction of sp³-hybridized carbons (Fsp3) is 0.538. The molecule has 1 aliphatic rings. The van der Waals surface area contributed by atoms with Gasteiger partial charge >= 0.3 is 0 Å². The van der Waals surface area contributed by atoms with Crippen LogP contribution in [0.4, 0.5) is 4.39 Å². The smallest absolute Gasteiger partial charge is 0.246 e. The van der Waals surface area contributed by atoms with E-state index in [0.717, 1.165) is 6.42 Å². The van der Waals surface area contributed by atoms with E-state index >= 15 is 0 Å². The maximum atomic E-state index is 13.9. The summed E-state index contributed by atoms with van der Waals surface area (Å²) in [5.41, 5.74) is 5.94. The summed E-state index contributed by atoms with van der Waals surface area (Å²) in [4.78, 5) is -0.262. The second kappa shape index (κ2) is 4.85. The highest BCUT2D eigenvalue weighted by Crippen LogP contribution is 2.33. The van der Waals surface area contributed by atoms with Crippen LogP contribution in [0, 0.1) is 11.2 Å². The topological polar surface area (TPSA) is 63.4 Å². The van der Waals surface area contributed by atoms with Gasteiger partial charge in [0, 0.05) is 19.6 Å². The molecule has 2 rings (SSSR count). The minimum atomic E-state index is -3.75. The Morgan fingerprint density at radius 1 is 1.42 bits per heavy atom. The minimum absolute atomic E-state index is 0.0548. The third kappa shape index (κ3) is 2.80.